The topological polar surface area (TPSA) is 26.0 Å². The summed E-state index contributed by atoms with van der Waals surface area (Å²) in [6.45, 7) is 5.60. The van der Waals surface area contributed by atoms with E-state index in [0.717, 1.165) is 5.89 Å². The molecule has 0 fully saturated rings. The van der Waals surface area contributed by atoms with Crippen LogP contribution in [-0.4, -0.2) is 4.98 Å². The number of allylic oxidation sites excluding steroid dienone is 1. The molecule has 1 aromatic heterocycles. The molecule has 2 nitrogen and oxygen atoms in total. The predicted molar refractivity (Wildman–Crippen MR) is 35.1 cm³/mol. The Bertz CT molecular complexity index is 179. The number of oxazole rings is 1. The van der Waals surface area contributed by atoms with Gasteiger partial charge in [0.2, 0.25) is 5.89 Å². The van der Waals surface area contributed by atoms with Crippen LogP contribution in [0.1, 0.15) is 18.7 Å². The van der Waals surface area contributed by atoms with Gasteiger partial charge in [-0.05, 0) is 0 Å². The average Bonchev–Trinajstić information content (AvgIpc) is 2.37. The van der Waals surface area contributed by atoms with Crippen molar-refractivity contribution in [2.75, 3.05) is 0 Å². The van der Waals surface area contributed by atoms with Gasteiger partial charge in [-0.15, -0.1) is 6.58 Å². The maximum Gasteiger partial charge on any atom is 0.200 e. The van der Waals surface area contributed by atoms with Gasteiger partial charge in [-0.2, -0.15) is 0 Å². The highest BCUT2D eigenvalue weighted by atomic mass is 16.3. The third-order valence-corrected chi connectivity index (χ3v) is 1.19. The molecule has 1 unspecified atom stereocenters. The van der Waals surface area contributed by atoms with Crippen LogP contribution in [0.5, 0.6) is 0 Å². The van der Waals surface area contributed by atoms with Crippen molar-refractivity contribution in [1.29, 1.82) is 0 Å². The van der Waals surface area contributed by atoms with E-state index in [4.69, 9.17) is 4.42 Å². The van der Waals surface area contributed by atoms with Crippen molar-refractivity contribution in [3.05, 3.63) is 31.0 Å². The Hall–Kier alpha value is -1.05. The van der Waals surface area contributed by atoms with Gasteiger partial charge in [0.1, 0.15) is 6.26 Å². The molecule has 0 saturated carbocycles. The van der Waals surface area contributed by atoms with Gasteiger partial charge in [-0.1, -0.05) is 13.0 Å². The van der Waals surface area contributed by atoms with Gasteiger partial charge >= 0.3 is 0 Å². The van der Waals surface area contributed by atoms with Crippen LogP contribution in [0.25, 0.3) is 0 Å². The molecule has 0 saturated heterocycles. The molecule has 0 amide bonds. The Morgan fingerprint density at radius 2 is 2.67 bits per heavy atom. The maximum absolute atomic E-state index is 5.00. The van der Waals surface area contributed by atoms with Crippen molar-refractivity contribution in [2.24, 2.45) is 0 Å². The summed E-state index contributed by atoms with van der Waals surface area (Å²) in [5.41, 5.74) is 0. The highest BCUT2D eigenvalue weighted by molar-refractivity contribution is 4.98. The highest BCUT2D eigenvalue weighted by Crippen LogP contribution is 2.11. The van der Waals surface area contributed by atoms with E-state index in [-0.39, 0.29) is 5.92 Å². The second-order valence-electron chi connectivity index (χ2n) is 1.89. The first-order chi connectivity index (χ1) is 4.34. The average molecular weight is 123 g/mol. The van der Waals surface area contributed by atoms with E-state index in [0.29, 0.717) is 0 Å². The summed E-state index contributed by atoms with van der Waals surface area (Å²) in [4.78, 5) is 3.95. The molecule has 0 aromatic carbocycles. The first kappa shape index (κ1) is 6.08. The summed E-state index contributed by atoms with van der Waals surface area (Å²) in [6, 6.07) is 0. The Kier molecular flexibility index (Phi) is 1.68. The fraction of sp³-hybridized carbons (Fsp3) is 0.286. The molecular formula is C7H9NO. The first-order valence-electron chi connectivity index (χ1n) is 2.86. The molecule has 2 heteroatoms. The lowest BCUT2D eigenvalue weighted by Crippen LogP contribution is -1.86. The Morgan fingerprint density at radius 3 is 3.11 bits per heavy atom. The van der Waals surface area contributed by atoms with Crippen LogP contribution >= 0.6 is 0 Å². The third-order valence-electron chi connectivity index (χ3n) is 1.19. The lowest BCUT2D eigenvalue weighted by Gasteiger charge is -1.95. The minimum absolute atomic E-state index is 0.222. The second kappa shape index (κ2) is 2.49. The van der Waals surface area contributed by atoms with Crippen molar-refractivity contribution in [1.82, 2.24) is 4.98 Å². The largest absolute Gasteiger partial charge is 0.448 e. The molecule has 9 heavy (non-hydrogen) atoms. The zero-order chi connectivity index (χ0) is 6.69. The van der Waals surface area contributed by atoms with Crippen molar-refractivity contribution >= 4 is 0 Å². The Morgan fingerprint density at radius 1 is 1.89 bits per heavy atom. The summed E-state index contributed by atoms with van der Waals surface area (Å²) in [5.74, 6) is 0.949. The van der Waals surface area contributed by atoms with Crippen LogP contribution in [0.15, 0.2) is 29.5 Å². The van der Waals surface area contributed by atoms with Crippen LogP contribution in [0, 0.1) is 0 Å². The fourth-order valence-corrected chi connectivity index (χ4v) is 0.560. The van der Waals surface area contributed by atoms with E-state index >= 15 is 0 Å². The zero-order valence-corrected chi connectivity index (χ0v) is 5.37. The van der Waals surface area contributed by atoms with Crippen LogP contribution in [0.3, 0.4) is 0 Å². The SMILES string of the molecule is C=CC(C)c1ncco1. The lowest BCUT2D eigenvalue weighted by molar-refractivity contribution is 0.484. The smallest absolute Gasteiger partial charge is 0.200 e. The molecule has 0 bridgehead atoms. The number of nitrogens with zero attached hydrogens (tertiary/aromatic N) is 1. The minimum Gasteiger partial charge on any atom is -0.448 e. The molecule has 0 aliphatic heterocycles. The first-order valence-corrected chi connectivity index (χ1v) is 2.86. The molecule has 1 rings (SSSR count). The van der Waals surface area contributed by atoms with Crippen LogP contribution < -0.4 is 0 Å². The molecule has 1 heterocycles. The monoisotopic (exact) mass is 123 g/mol. The van der Waals surface area contributed by atoms with Gasteiger partial charge in [0.05, 0.1) is 12.1 Å². The van der Waals surface area contributed by atoms with Gasteiger partial charge < -0.3 is 4.42 Å². The van der Waals surface area contributed by atoms with Crippen molar-refractivity contribution in [3.63, 3.8) is 0 Å². The fourth-order valence-electron chi connectivity index (χ4n) is 0.560. The van der Waals surface area contributed by atoms with Crippen molar-refractivity contribution in [3.8, 4) is 0 Å². The van der Waals surface area contributed by atoms with Gasteiger partial charge in [-0.3, -0.25) is 0 Å². The molecule has 1 atom stereocenters. The standard InChI is InChI=1S/C7H9NO/c1-3-6(2)7-8-4-5-9-7/h3-6H,1H2,2H3. The molecule has 1 aromatic rings. The van der Waals surface area contributed by atoms with Crippen molar-refractivity contribution in [2.45, 2.75) is 12.8 Å². The normalized spacial score (nSPS) is 13.0. The summed E-state index contributed by atoms with van der Waals surface area (Å²) in [5, 5.41) is 0. The van der Waals surface area contributed by atoms with Gasteiger partial charge in [0.15, 0.2) is 0 Å². The third kappa shape index (κ3) is 1.19. The molecule has 0 aliphatic rings. The van der Waals surface area contributed by atoms with Crippen molar-refractivity contribution < 1.29 is 4.42 Å². The molecule has 0 spiro atoms. The van der Waals surface area contributed by atoms with E-state index in [9.17, 15) is 0 Å². The number of hydrogen-bond donors (Lipinski definition) is 0. The van der Waals surface area contributed by atoms with Crippen LogP contribution in [0.2, 0.25) is 0 Å². The molecule has 0 aliphatic carbocycles. The molecule has 0 N–H and O–H groups in total. The summed E-state index contributed by atoms with van der Waals surface area (Å²) < 4.78 is 5.00. The Labute approximate surface area is 54.2 Å². The van der Waals surface area contributed by atoms with Gasteiger partial charge in [0, 0.05) is 0 Å². The number of hydrogen-bond acceptors (Lipinski definition) is 2. The molecule has 48 valence electrons. The van der Waals surface area contributed by atoms with E-state index < -0.39 is 0 Å². The van der Waals surface area contributed by atoms with Gasteiger partial charge in [-0.25, -0.2) is 4.98 Å². The summed E-state index contributed by atoms with van der Waals surface area (Å²) >= 11 is 0. The van der Waals surface area contributed by atoms with E-state index in [1.807, 2.05) is 6.92 Å². The van der Waals surface area contributed by atoms with E-state index in [2.05, 4.69) is 11.6 Å². The maximum atomic E-state index is 5.00. The zero-order valence-electron chi connectivity index (χ0n) is 5.37. The van der Waals surface area contributed by atoms with Gasteiger partial charge in [0.25, 0.3) is 0 Å². The Balaban J connectivity index is 2.76. The molecular weight excluding hydrogens is 114 g/mol. The number of aromatic nitrogens is 1. The highest BCUT2D eigenvalue weighted by Gasteiger charge is 2.02. The van der Waals surface area contributed by atoms with E-state index in [1.54, 1.807) is 18.5 Å². The minimum atomic E-state index is 0.222. The predicted octanol–water partition coefficient (Wildman–Crippen LogP) is 1.96. The summed E-state index contributed by atoms with van der Waals surface area (Å²) in [7, 11) is 0. The van der Waals surface area contributed by atoms with E-state index in [1.165, 1.54) is 0 Å². The van der Waals surface area contributed by atoms with Crippen LogP contribution in [0.4, 0.5) is 0 Å². The quantitative estimate of drug-likeness (QED) is 0.562. The van der Waals surface area contributed by atoms with Crippen LogP contribution in [-0.2, 0) is 0 Å². The summed E-state index contributed by atoms with van der Waals surface area (Å²) in [6.07, 6.45) is 5.00. The lowest BCUT2D eigenvalue weighted by atomic mass is 10.2. The number of rotatable bonds is 2. The molecule has 0 radical (unpaired) electrons. The second-order valence-corrected chi connectivity index (χ2v) is 1.89.